The van der Waals surface area contributed by atoms with Crippen molar-refractivity contribution in [3.63, 3.8) is 0 Å². The highest BCUT2D eigenvalue weighted by Gasteiger charge is 2.20. The molecule has 0 aliphatic heterocycles. The van der Waals surface area contributed by atoms with Gasteiger partial charge in [0.25, 0.3) is 0 Å². The summed E-state index contributed by atoms with van der Waals surface area (Å²) in [7, 11) is 0. The van der Waals surface area contributed by atoms with E-state index in [1.54, 1.807) is 6.20 Å². The molecular weight excluding hydrogens is 190 g/mol. The van der Waals surface area contributed by atoms with E-state index in [1.807, 2.05) is 13.8 Å². The number of ether oxygens (including phenoxy) is 1. The largest absolute Gasteiger partial charge is 0.474 e. The topological polar surface area (TPSA) is 47.0 Å². The molecule has 0 spiro atoms. The minimum Gasteiger partial charge on any atom is -0.474 e. The molecule has 4 nitrogen and oxygen atoms in total. The minimum atomic E-state index is 0.369. The Hall–Kier alpha value is -1.32. The lowest BCUT2D eigenvalue weighted by molar-refractivity contribution is 0.113. The highest BCUT2D eigenvalue weighted by Crippen LogP contribution is 2.26. The second-order valence-electron chi connectivity index (χ2n) is 3.88. The zero-order valence-corrected chi connectivity index (χ0v) is 9.29. The van der Waals surface area contributed by atoms with Crippen LogP contribution in [0.3, 0.4) is 0 Å². The fourth-order valence-corrected chi connectivity index (χ4v) is 1.44. The lowest BCUT2D eigenvalue weighted by Crippen LogP contribution is -2.25. The van der Waals surface area contributed by atoms with Gasteiger partial charge in [0.05, 0.1) is 0 Å². The van der Waals surface area contributed by atoms with Crippen molar-refractivity contribution in [3.8, 4) is 5.88 Å². The zero-order chi connectivity index (χ0) is 10.7. The fraction of sp³-hybridized carbons (Fsp3) is 0.636. The molecule has 0 amide bonds. The standard InChI is InChI=1S/C11H17N3O/c1-3-12-11-13-7-8(2)10(14-11)15-9-5-4-6-9/h7,9H,3-6H2,1-2H3,(H,12,13,14). The summed E-state index contributed by atoms with van der Waals surface area (Å²) in [5.74, 6) is 1.38. The van der Waals surface area contributed by atoms with Crippen LogP contribution in [0, 0.1) is 6.92 Å². The molecule has 15 heavy (non-hydrogen) atoms. The molecule has 0 bridgehead atoms. The Morgan fingerprint density at radius 2 is 2.33 bits per heavy atom. The Kier molecular flexibility index (Phi) is 3.04. The Bertz CT molecular complexity index is 337. The van der Waals surface area contributed by atoms with Crippen molar-refractivity contribution in [1.29, 1.82) is 0 Å². The Morgan fingerprint density at radius 1 is 1.53 bits per heavy atom. The molecule has 0 unspecified atom stereocenters. The van der Waals surface area contributed by atoms with Crippen LogP contribution in [0.25, 0.3) is 0 Å². The molecule has 1 aliphatic carbocycles. The molecule has 0 saturated heterocycles. The van der Waals surface area contributed by atoms with Gasteiger partial charge in [0.15, 0.2) is 0 Å². The number of hydrogen-bond acceptors (Lipinski definition) is 4. The van der Waals surface area contributed by atoms with E-state index in [-0.39, 0.29) is 0 Å². The first-order chi connectivity index (χ1) is 7.29. The predicted molar refractivity (Wildman–Crippen MR) is 59.2 cm³/mol. The molecule has 1 aromatic heterocycles. The summed E-state index contributed by atoms with van der Waals surface area (Å²) in [6.45, 7) is 4.82. The molecule has 4 heteroatoms. The van der Waals surface area contributed by atoms with Gasteiger partial charge in [0.1, 0.15) is 6.10 Å². The number of anilines is 1. The normalized spacial score (nSPS) is 15.9. The van der Waals surface area contributed by atoms with E-state index in [4.69, 9.17) is 4.74 Å². The molecule has 1 saturated carbocycles. The molecular formula is C11H17N3O. The second kappa shape index (κ2) is 4.47. The highest BCUT2D eigenvalue weighted by atomic mass is 16.5. The highest BCUT2D eigenvalue weighted by molar-refractivity contribution is 5.32. The molecule has 1 fully saturated rings. The summed E-state index contributed by atoms with van der Waals surface area (Å²) >= 11 is 0. The summed E-state index contributed by atoms with van der Waals surface area (Å²) in [4.78, 5) is 8.52. The van der Waals surface area contributed by atoms with Crippen LogP contribution in [-0.4, -0.2) is 22.6 Å². The van der Waals surface area contributed by atoms with Crippen molar-refractivity contribution in [2.75, 3.05) is 11.9 Å². The van der Waals surface area contributed by atoms with Crippen molar-refractivity contribution >= 4 is 5.95 Å². The molecule has 1 N–H and O–H groups in total. The number of aryl methyl sites for hydroxylation is 1. The van der Waals surface area contributed by atoms with E-state index in [0.717, 1.165) is 30.8 Å². The van der Waals surface area contributed by atoms with Gasteiger partial charge in [-0.1, -0.05) is 0 Å². The number of rotatable bonds is 4. The van der Waals surface area contributed by atoms with E-state index in [9.17, 15) is 0 Å². The maximum atomic E-state index is 5.78. The Labute approximate surface area is 90.1 Å². The maximum Gasteiger partial charge on any atom is 0.225 e. The van der Waals surface area contributed by atoms with E-state index < -0.39 is 0 Å². The lowest BCUT2D eigenvalue weighted by atomic mass is 9.96. The molecule has 2 rings (SSSR count). The van der Waals surface area contributed by atoms with Crippen molar-refractivity contribution in [3.05, 3.63) is 11.8 Å². The first-order valence-electron chi connectivity index (χ1n) is 5.53. The van der Waals surface area contributed by atoms with Crippen molar-refractivity contribution in [1.82, 2.24) is 9.97 Å². The van der Waals surface area contributed by atoms with Gasteiger partial charge < -0.3 is 10.1 Å². The maximum absolute atomic E-state index is 5.78. The first kappa shape index (κ1) is 10.2. The summed E-state index contributed by atoms with van der Waals surface area (Å²) in [5.41, 5.74) is 1.00. The van der Waals surface area contributed by atoms with Crippen LogP contribution in [0.1, 0.15) is 31.7 Å². The van der Waals surface area contributed by atoms with Crippen molar-refractivity contribution in [2.45, 2.75) is 39.2 Å². The second-order valence-corrected chi connectivity index (χ2v) is 3.88. The van der Waals surface area contributed by atoms with Gasteiger partial charge in [0.2, 0.25) is 11.8 Å². The third-order valence-corrected chi connectivity index (χ3v) is 2.59. The van der Waals surface area contributed by atoms with E-state index >= 15 is 0 Å². The summed E-state index contributed by atoms with van der Waals surface area (Å²) in [6.07, 6.45) is 5.75. The quantitative estimate of drug-likeness (QED) is 0.821. The van der Waals surface area contributed by atoms with Crippen molar-refractivity contribution in [2.24, 2.45) is 0 Å². The number of hydrogen-bond donors (Lipinski definition) is 1. The van der Waals surface area contributed by atoms with Crippen LogP contribution in [0.5, 0.6) is 5.88 Å². The molecule has 1 aromatic rings. The molecule has 1 heterocycles. The van der Waals surface area contributed by atoms with E-state index in [1.165, 1.54) is 6.42 Å². The van der Waals surface area contributed by atoms with Crippen LogP contribution in [0.15, 0.2) is 6.20 Å². The van der Waals surface area contributed by atoms with Gasteiger partial charge in [-0.25, -0.2) is 4.98 Å². The Morgan fingerprint density at radius 3 is 2.93 bits per heavy atom. The molecule has 82 valence electrons. The first-order valence-corrected chi connectivity index (χ1v) is 5.53. The van der Waals surface area contributed by atoms with Crippen LogP contribution >= 0.6 is 0 Å². The van der Waals surface area contributed by atoms with Gasteiger partial charge in [-0.3, -0.25) is 0 Å². The third-order valence-electron chi connectivity index (χ3n) is 2.59. The van der Waals surface area contributed by atoms with Crippen LogP contribution in [0.4, 0.5) is 5.95 Å². The van der Waals surface area contributed by atoms with E-state index in [2.05, 4.69) is 15.3 Å². The summed E-state index contributed by atoms with van der Waals surface area (Å²) < 4.78 is 5.78. The molecule has 0 aromatic carbocycles. The summed E-state index contributed by atoms with van der Waals surface area (Å²) in [5, 5.41) is 3.08. The lowest BCUT2D eigenvalue weighted by Gasteiger charge is -2.26. The SMILES string of the molecule is CCNc1ncc(C)c(OC2CCC2)n1. The number of aromatic nitrogens is 2. The third kappa shape index (κ3) is 2.37. The molecule has 0 radical (unpaired) electrons. The average Bonchev–Trinajstić information content (AvgIpc) is 2.16. The van der Waals surface area contributed by atoms with Crippen molar-refractivity contribution < 1.29 is 4.74 Å². The monoisotopic (exact) mass is 207 g/mol. The average molecular weight is 207 g/mol. The number of nitrogens with zero attached hydrogens (tertiary/aromatic N) is 2. The molecule has 1 aliphatic rings. The fourth-order valence-electron chi connectivity index (χ4n) is 1.44. The van der Waals surface area contributed by atoms with Gasteiger partial charge in [-0.15, -0.1) is 0 Å². The van der Waals surface area contributed by atoms with Crippen LogP contribution in [-0.2, 0) is 0 Å². The smallest absolute Gasteiger partial charge is 0.225 e. The number of nitrogens with one attached hydrogen (secondary N) is 1. The zero-order valence-electron chi connectivity index (χ0n) is 9.29. The Balaban J connectivity index is 2.08. The van der Waals surface area contributed by atoms with Gasteiger partial charge in [-0.2, -0.15) is 4.98 Å². The van der Waals surface area contributed by atoms with Gasteiger partial charge in [0, 0.05) is 18.3 Å². The molecule has 0 atom stereocenters. The minimum absolute atomic E-state index is 0.369. The van der Waals surface area contributed by atoms with E-state index in [0.29, 0.717) is 12.1 Å². The van der Waals surface area contributed by atoms with Crippen LogP contribution < -0.4 is 10.1 Å². The summed E-state index contributed by atoms with van der Waals surface area (Å²) in [6, 6.07) is 0. The van der Waals surface area contributed by atoms with Gasteiger partial charge in [-0.05, 0) is 33.1 Å². The predicted octanol–water partition coefficient (Wildman–Crippen LogP) is 2.15. The van der Waals surface area contributed by atoms with Gasteiger partial charge >= 0.3 is 0 Å². The van der Waals surface area contributed by atoms with Crippen LogP contribution in [0.2, 0.25) is 0 Å².